The molecule has 0 bridgehead atoms. The lowest BCUT2D eigenvalue weighted by Crippen LogP contribution is -2.09. The van der Waals surface area contributed by atoms with Gasteiger partial charge in [-0.25, -0.2) is 0 Å². The number of hydrogen-bond donors (Lipinski definition) is 0. The number of rotatable bonds is 7. The predicted molar refractivity (Wildman–Crippen MR) is 229 cm³/mol. The van der Waals surface area contributed by atoms with E-state index in [2.05, 4.69) is 228 Å². The highest BCUT2D eigenvalue weighted by atomic mass is 15.1. The van der Waals surface area contributed by atoms with Crippen molar-refractivity contribution in [1.29, 1.82) is 0 Å². The van der Waals surface area contributed by atoms with Crippen LogP contribution in [0.5, 0.6) is 0 Å². The molecule has 0 saturated heterocycles. The molecule has 0 aliphatic carbocycles. The Labute approximate surface area is 315 Å². The summed E-state index contributed by atoms with van der Waals surface area (Å²) in [5, 5.41) is 5.03. The number of benzene rings is 9. The third-order valence-electron chi connectivity index (χ3n) is 10.6. The van der Waals surface area contributed by atoms with Crippen molar-refractivity contribution in [3.63, 3.8) is 0 Å². The first-order chi connectivity index (χ1) is 26.8. The molecule has 9 aromatic carbocycles. The van der Waals surface area contributed by atoms with Crippen LogP contribution >= 0.6 is 0 Å². The average Bonchev–Trinajstić information content (AvgIpc) is 3.59. The molecule has 0 spiro atoms. The van der Waals surface area contributed by atoms with E-state index < -0.39 is 0 Å². The fourth-order valence-corrected chi connectivity index (χ4v) is 8.03. The SMILES string of the molecule is c1ccc(-c2ccc(-c3ccc(N(c4ccccc4)c4ccc(-c5cccc6ccccc56)cc4)cc3)cc2-n2c3ccccc3c3ccccc32)cc1. The van der Waals surface area contributed by atoms with E-state index in [0.717, 1.165) is 22.7 Å². The molecule has 0 radical (unpaired) electrons. The zero-order valence-electron chi connectivity index (χ0n) is 29.7. The van der Waals surface area contributed by atoms with Gasteiger partial charge in [-0.15, -0.1) is 0 Å². The topological polar surface area (TPSA) is 8.17 Å². The zero-order valence-corrected chi connectivity index (χ0v) is 29.7. The summed E-state index contributed by atoms with van der Waals surface area (Å²) in [6.07, 6.45) is 0. The average molecular weight is 689 g/mol. The number of para-hydroxylation sites is 3. The molecule has 2 heteroatoms. The number of nitrogens with zero attached hydrogens (tertiary/aromatic N) is 2. The molecule has 1 heterocycles. The molecule has 0 aliphatic heterocycles. The molecule has 54 heavy (non-hydrogen) atoms. The Hall–Kier alpha value is -7.16. The maximum atomic E-state index is 2.43. The zero-order chi connectivity index (χ0) is 35.8. The van der Waals surface area contributed by atoms with Gasteiger partial charge >= 0.3 is 0 Å². The molecule has 254 valence electrons. The predicted octanol–water partition coefficient (Wildman–Crippen LogP) is 14.4. The number of anilines is 3. The fraction of sp³-hybridized carbons (Fsp3) is 0. The van der Waals surface area contributed by atoms with Crippen molar-refractivity contribution >= 4 is 49.6 Å². The molecule has 0 aliphatic rings. The van der Waals surface area contributed by atoms with Crippen molar-refractivity contribution in [2.75, 3.05) is 4.90 Å². The standard InChI is InChI=1S/C52H36N2/c1-3-14-39(15-4-1)47-35-30-41(36-52(47)54-50-24-11-9-21-48(50)49-22-10-12-25-51(49)54)37-26-31-43(32-27-37)53(42-18-5-2-6-19-42)44-33-28-40(29-34-44)46-23-13-17-38-16-7-8-20-45(38)46/h1-36H. The highest BCUT2D eigenvalue weighted by Crippen LogP contribution is 2.40. The Bertz CT molecular complexity index is 2850. The van der Waals surface area contributed by atoms with Crippen LogP contribution in [0.3, 0.4) is 0 Å². The van der Waals surface area contributed by atoms with Gasteiger partial charge in [0, 0.05) is 33.4 Å². The molecule has 10 rings (SSSR count). The number of hydrogen-bond acceptors (Lipinski definition) is 1. The van der Waals surface area contributed by atoms with Gasteiger partial charge in [-0.05, 0) is 93.2 Å². The van der Waals surface area contributed by atoms with Gasteiger partial charge in [-0.1, -0.05) is 164 Å². The molecule has 0 N–H and O–H groups in total. The summed E-state index contributed by atoms with van der Waals surface area (Å²) in [5.74, 6) is 0. The lowest BCUT2D eigenvalue weighted by Gasteiger charge is -2.26. The summed E-state index contributed by atoms with van der Waals surface area (Å²) in [6, 6.07) is 78.8. The van der Waals surface area contributed by atoms with Crippen molar-refractivity contribution in [2.45, 2.75) is 0 Å². The number of aromatic nitrogens is 1. The van der Waals surface area contributed by atoms with Crippen LogP contribution in [0, 0.1) is 0 Å². The van der Waals surface area contributed by atoms with Crippen molar-refractivity contribution in [3.8, 4) is 39.1 Å². The maximum Gasteiger partial charge on any atom is 0.0546 e. The van der Waals surface area contributed by atoms with Gasteiger partial charge in [-0.2, -0.15) is 0 Å². The van der Waals surface area contributed by atoms with Crippen LogP contribution in [-0.4, -0.2) is 4.57 Å². The highest BCUT2D eigenvalue weighted by molar-refractivity contribution is 6.10. The first kappa shape index (κ1) is 31.6. The fourth-order valence-electron chi connectivity index (χ4n) is 8.03. The van der Waals surface area contributed by atoms with E-state index in [4.69, 9.17) is 0 Å². The van der Waals surface area contributed by atoms with E-state index in [1.165, 1.54) is 66.0 Å². The molecule has 0 fully saturated rings. The Kier molecular flexibility index (Phi) is 7.85. The van der Waals surface area contributed by atoms with Crippen LogP contribution in [0.15, 0.2) is 218 Å². The van der Waals surface area contributed by atoms with Crippen LogP contribution in [0.25, 0.3) is 71.6 Å². The minimum Gasteiger partial charge on any atom is -0.311 e. The van der Waals surface area contributed by atoms with Crippen LogP contribution in [0.4, 0.5) is 17.1 Å². The van der Waals surface area contributed by atoms with Crippen LogP contribution < -0.4 is 4.90 Å². The van der Waals surface area contributed by atoms with Crippen molar-refractivity contribution < 1.29 is 0 Å². The summed E-state index contributed by atoms with van der Waals surface area (Å²) in [4.78, 5) is 2.33. The number of fused-ring (bicyclic) bond motifs is 4. The van der Waals surface area contributed by atoms with E-state index in [1.54, 1.807) is 0 Å². The molecule has 0 saturated carbocycles. The minimum atomic E-state index is 1.10. The van der Waals surface area contributed by atoms with Gasteiger partial charge in [-0.3, -0.25) is 0 Å². The second-order valence-electron chi connectivity index (χ2n) is 13.8. The normalized spacial score (nSPS) is 11.3. The Morgan fingerprint density at radius 3 is 1.44 bits per heavy atom. The lowest BCUT2D eigenvalue weighted by molar-refractivity contribution is 1.18. The van der Waals surface area contributed by atoms with Crippen molar-refractivity contribution in [3.05, 3.63) is 218 Å². The Morgan fingerprint density at radius 1 is 0.296 bits per heavy atom. The van der Waals surface area contributed by atoms with Gasteiger partial charge in [0.1, 0.15) is 0 Å². The monoisotopic (exact) mass is 688 g/mol. The summed E-state index contributed by atoms with van der Waals surface area (Å²) >= 11 is 0. The molecule has 10 aromatic rings. The molecule has 1 aromatic heterocycles. The molecule has 0 amide bonds. The van der Waals surface area contributed by atoms with E-state index >= 15 is 0 Å². The molecule has 2 nitrogen and oxygen atoms in total. The van der Waals surface area contributed by atoms with Crippen molar-refractivity contribution in [1.82, 2.24) is 4.57 Å². The summed E-state index contributed by atoms with van der Waals surface area (Å²) in [6.45, 7) is 0. The highest BCUT2D eigenvalue weighted by Gasteiger charge is 2.18. The maximum absolute atomic E-state index is 2.43. The molecular weight excluding hydrogens is 653 g/mol. The second kappa shape index (κ2) is 13.4. The molecule has 0 unspecified atom stereocenters. The van der Waals surface area contributed by atoms with Gasteiger partial charge in [0.15, 0.2) is 0 Å². The van der Waals surface area contributed by atoms with Gasteiger partial charge < -0.3 is 9.47 Å². The van der Waals surface area contributed by atoms with Crippen LogP contribution in [-0.2, 0) is 0 Å². The summed E-state index contributed by atoms with van der Waals surface area (Å²) in [7, 11) is 0. The van der Waals surface area contributed by atoms with E-state index in [1.807, 2.05) is 0 Å². The van der Waals surface area contributed by atoms with E-state index in [0.29, 0.717) is 0 Å². The van der Waals surface area contributed by atoms with E-state index in [9.17, 15) is 0 Å². The second-order valence-corrected chi connectivity index (χ2v) is 13.8. The minimum absolute atomic E-state index is 1.10. The largest absolute Gasteiger partial charge is 0.311 e. The smallest absolute Gasteiger partial charge is 0.0546 e. The first-order valence-electron chi connectivity index (χ1n) is 18.5. The van der Waals surface area contributed by atoms with Crippen LogP contribution in [0.1, 0.15) is 0 Å². The Morgan fingerprint density at radius 2 is 0.778 bits per heavy atom. The Balaban J connectivity index is 1.06. The third-order valence-corrected chi connectivity index (χ3v) is 10.6. The third kappa shape index (κ3) is 5.53. The van der Waals surface area contributed by atoms with Gasteiger partial charge in [0.25, 0.3) is 0 Å². The quantitative estimate of drug-likeness (QED) is 0.162. The first-order valence-corrected chi connectivity index (χ1v) is 18.5. The summed E-state index contributed by atoms with van der Waals surface area (Å²) in [5.41, 5.74) is 14.1. The molecular formula is C52H36N2. The lowest BCUT2D eigenvalue weighted by atomic mass is 9.97. The van der Waals surface area contributed by atoms with Crippen LogP contribution in [0.2, 0.25) is 0 Å². The van der Waals surface area contributed by atoms with E-state index in [-0.39, 0.29) is 0 Å². The molecule has 0 atom stereocenters. The van der Waals surface area contributed by atoms with Gasteiger partial charge in [0.05, 0.1) is 16.7 Å². The van der Waals surface area contributed by atoms with Gasteiger partial charge in [0.2, 0.25) is 0 Å². The van der Waals surface area contributed by atoms with Crippen molar-refractivity contribution in [2.24, 2.45) is 0 Å². The summed E-state index contributed by atoms with van der Waals surface area (Å²) < 4.78 is 2.43.